The van der Waals surface area contributed by atoms with Crippen LogP contribution in [-0.2, 0) is 6.42 Å². The largest absolute Gasteiger partial charge is 0.394 e. The second-order valence-corrected chi connectivity index (χ2v) is 3.61. The highest BCUT2D eigenvalue weighted by Crippen LogP contribution is 2.21. The van der Waals surface area contributed by atoms with E-state index in [1.165, 1.54) is 0 Å². The van der Waals surface area contributed by atoms with Crippen molar-refractivity contribution in [2.75, 3.05) is 13.7 Å². The summed E-state index contributed by atoms with van der Waals surface area (Å²) in [5.74, 6) is 0.00546. The second kappa shape index (κ2) is 3.42. The quantitative estimate of drug-likeness (QED) is 0.709. The first-order valence-electron chi connectivity index (χ1n) is 4.70. The first-order chi connectivity index (χ1) is 6.74. The highest BCUT2D eigenvalue weighted by atomic mass is 16.3. The van der Waals surface area contributed by atoms with Gasteiger partial charge in [-0.3, -0.25) is 4.79 Å². The molecule has 1 aromatic rings. The smallest absolute Gasteiger partial charge is 0.254 e. The van der Waals surface area contributed by atoms with Gasteiger partial charge < -0.3 is 10.0 Å². The van der Waals surface area contributed by atoms with Crippen molar-refractivity contribution in [3.8, 4) is 0 Å². The van der Waals surface area contributed by atoms with Crippen LogP contribution in [-0.4, -0.2) is 35.6 Å². The molecule has 0 unspecified atom stereocenters. The molecule has 1 amide bonds. The zero-order chi connectivity index (χ0) is 10.1. The Kier molecular flexibility index (Phi) is 2.25. The summed E-state index contributed by atoms with van der Waals surface area (Å²) in [7, 11) is 1.74. The molecule has 0 saturated carbocycles. The van der Waals surface area contributed by atoms with Gasteiger partial charge in [0.05, 0.1) is 12.6 Å². The lowest BCUT2D eigenvalue weighted by atomic mass is 9.94. The van der Waals surface area contributed by atoms with Gasteiger partial charge in [-0.15, -0.1) is 0 Å². The summed E-state index contributed by atoms with van der Waals surface area (Å²) in [6.45, 7) is 0.0244. The molecule has 1 aliphatic heterocycles. The van der Waals surface area contributed by atoms with Gasteiger partial charge in [0.25, 0.3) is 5.91 Å². The van der Waals surface area contributed by atoms with Crippen molar-refractivity contribution < 1.29 is 9.90 Å². The van der Waals surface area contributed by atoms with E-state index < -0.39 is 0 Å². The van der Waals surface area contributed by atoms with Crippen LogP contribution in [0, 0.1) is 0 Å². The summed E-state index contributed by atoms with van der Waals surface area (Å²) in [5.41, 5.74) is 1.80. The SMILES string of the molecule is CN1C(=O)c2ccccc2C[C@@H]1CO. The predicted molar refractivity (Wildman–Crippen MR) is 53.1 cm³/mol. The molecule has 0 aliphatic carbocycles. The van der Waals surface area contributed by atoms with E-state index in [1.54, 1.807) is 11.9 Å². The molecular weight excluding hydrogens is 178 g/mol. The Hall–Kier alpha value is -1.35. The molecule has 1 aliphatic rings. The highest BCUT2D eigenvalue weighted by Gasteiger charge is 2.28. The van der Waals surface area contributed by atoms with Gasteiger partial charge in [0, 0.05) is 12.6 Å². The van der Waals surface area contributed by atoms with E-state index in [-0.39, 0.29) is 18.6 Å². The summed E-state index contributed by atoms with van der Waals surface area (Å²) >= 11 is 0. The number of aliphatic hydroxyl groups excluding tert-OH is 1. The summed E-state index contributed by atoms with van der Waals surface area (Å²) in [5, 5.41) is 9.11. The van der Waals surface area contributed by atoms with Crippen LogP contribution >= 0.6 is 0 Å². The van der Waals surface area contributed by atoms with Crippen LogP contribution in [0.3, 0.4) is 0 Å². The van der Waals surface area contributed by atoms with Gasteiger partial charge in [0.2, 0.25) is 0 Å². The number of amides is 1. The van der Waals surface area contributed by atoms with E-state index in [2.05, 4.69) is 0 Å². The fraction of sp³-hybridized carbons (Fsp3) is 0.364. The van der Waals surface area contributed by atoms with E-state index in [0.29, 0.717) is 0 Å². The molecule has 0 bridgehead atoms. The molecule has 2 rings (SSSR count). The van der Waals surface area contributed by atoms with Crippen molar-refractivity contribution in [2.45, 2.75) is 12.5 Å². The number of carbonyl (C=O) groups is 1. The average Bonchev–Trinajstić information content (AvgIpc) is 2.23. The number of rotatable bonds is 1. The van der Waals surface area contributed by atoms with Crippen molar-refractivity contribution >= 4 is 5.91 Å². The van der Waals surface area contributed by atoms with Crippen LogP contribution in [0.1, 0.15) is 15.9 Å². The van der Waals surface area contributed by atoms with Crippen molar-refractivity contribution in [1.29, 1.82) is 0 Å². The monoisotopic (exact) mass is 191 g/mol. The highest BCUT2D eigenvalue weighted by molar-refractivity contribution is 5.96. The third kappa shape index (κ3) is 1.30. The fourth-order valence-corrected chi connectivity index (χ4v) is 1.84. The van der Waals surface area contributed by atoms with Gasteiger partial charge in [-0.1, -0.05) is 18.2 Å². The Morgan fingerprint density at radius 3 is 2.93 bits per heavy atom. The summed E-state index contributed by atoms with van der Waals surface area (Å²) in [4.78, 5) is 13.4. The Morgan fingerprint density at radius 1 is 1.50 bits per heavy atom. The first-order valence-corrected chi connectivity index (χ1v) is 4.70. The van der Waals surface area contributed by atoms with Crippen LogP contribution in [0.2, 0.25) is 0 Å². The lowest BCUT2D eigenvalue weighted by Gasteiger charge is -2.32. The summed E-state index contributed by atoms with van der Waals surface area (Å²) in [6.07, 6.45) is 0.745. The minimum Gasteiger partial charge on any atom is -0.394 e. The van der Waals surface area contributed by atoms with E-state index >= 15 is 0 Å². The van der Waals surface area contributed by atoms with E-state index in [4.69, 9.17) is 5.11 Å². The molecule has 3 nitrogen and oxygen atoms in total. The van der Waals surface area contributed by atoms with Crippen LogP contribution in [0.5, 0.6) is 0 Å². The minimum absolute atomic E-state index is 0.00546. The number of nitrogens with zero attached hydrogens (tertiary/aromatic N) is 1. The molecule has 0 fully saturated rings. The molecule has 0 aromatic heterocycles. The first kappa shape index (κ1) is 9.21. The zero-order valence-corrected chi connectivity index (χ0v) is 8.10. The van der Waals surface area contributed by atoms with Crippen LogP contribution in [0.15, 0.2) is 24.3 Å². The number of hydrogen-bond donors (Lipinski definition) is 1. The Balaban J connectivity index is 2.42. The lowest BCUT2D eigenvalue weighted by Crippen LogP contribution is -2.44. The van der Waals surface area contributed by atoms with Crippen molar-refractivity contribution in [3.63, 3.8) is 0 Å². The van der Waals surface area contributed by atoms with Gasteiger partial charge in [-0.05, 0) is 18.1 Å². The molecule has 0 spiro atoms. The number of fused-ring (bicyclic) bond motifs is 1. The Morgan fingerprint density at radius 2 is 2.21 bits per heavy atom. The van der Waals surface area contributed by atoms with Crippen molar-refractivity contribution in [1.82, 2.24) is 4.90 Å². The van der Waals surface area contributed by atoms with Crippen LogP contribution < -0.4 is 0 Å². The van der Waals surface area contributed by atoms with E-state index in [1.807, 2.05) is 24.3 Å². The van der Waals surface area contributed by atoms with Gasteiger partial charge in [-0.25, -0.2) is 0 Å². The van der Waals surface area contributed by atoms with Crippen LogP contribution in [0.25, 0.3) is 0 Å². The maximum absolute atomic E-state index is 11.8. The van der Waals surface area contributed by atoms with Crippen molar-refractivity contribution in [3.05, 3.63) is 35.4 Å². The number of aliphatic hydroxyl groups is 1. The Labute approximate surface area is 83.0 Å². The summed E-state index contributed by atoms with van der Waals surface area (Å²) in [6, 6.07) is 7.50. The molecule has 14 heavy (non-hydrogen) atoms. The predicted octanol–water partition coefficient (Wildman–Crippen LogP) is 0.676. The molecule has 1 atom stereocenters. The van der Waals surface area contributed by atoms with E-state index in [0.717, 1.165) is 17.5 Å². The zero-order valence-electron chi connectivity index (χ0n) is 8.10. The van der Waals surface area contributed by atoms with E-state index in [9.17, 15) is 4.79 Å². The Bertz CT molecular complexity index is 362. The lowest BCUT2D eigenvalue weighted by molar-refractivity contribution is 0.0630. The molecule has 3 heteroatoms. The number of benzene rings is 1. The maximum atomic E-state index is 11.8. The molecule has 74 valence electrons. The van der Waals surface area contributed by atoms with Gasteiger partial charge >= 0.3 is 0 Å². The molecule has 1 aromatic carbocycles. The third-order valence-electron chi connectivity index (χ3n) is 2.78. The van der Waals surface area contributed by atoms with Crippen LogP contribution in [0.4, 0.5) is 0 Å². The molecular formula is C11H13NO2. The van der Waals surface area contributed by atoms with Gasteiger partial charge in [0.15, 0.2) is 0 Å². The summed E-state index contributed by atoms with van der Waals surface area (Å²) < 4.78 is 0. The number of carbonyl (C=O) groups excluding carboxylic acids is 1. The standard InChI is InChI=1S/C11H13NO2/c1-12-9(7-13)6-8-4-2-3-5-10(8)11(12)14/h2-5,9,13H,6-7H2,1H3/t9-/m1/s1. The minimum atomic E-state index is -0.0719. The molecule has 0 saturated heterocycles. The van der Waals surface area contributed by atoms with Gasteiger partial charge in [-0.2, -0.15) is 0 Å². The topological polar surface area (TPSA) is 40.5 Å². The van der Waals surface area contributed by atoms with Gasteiger partial charge in [0.1, 0.15) is 0 Å². The number of hydrogen-bond acceptors (Lipinski definition) is 2. The third-order valence-corrected chi connectivity index (χ3v) is 2.78. The second-order valence-electron chi connectivity index (χ2n) is 3.61. The molecule has 1 heterocycles. The fourth-order valence-electron chi connectivity index (χ4n) is 1.84. The van der Waals surface area contributed by atoms with Crippen molar-refractivity contribution in [2.24, 2.45) is 0 Å². The number of likely N-dealkylation sites (N-methyl/N-ethyl adjacent to an activating group) is 1. The molecule has 0 radical (unpaired) electrons. The maximum Gasteiger partial charge on any atom is 0.254 e. The normalized spacial score (nSPS) is 20.9. The average molecular weight is 191 g/mol. The molecule has 1 N–H and O–H groups in total.